The molecule has 2 aliphatic rings. The number of nitrogens with one attached hydrogen (secondary N) is 2. The Morgan fingerprint density at radius 2 is 1.71 bits per heavy atom. The van der Waals surface area contributed by atoms with Crippen LogP contribution in [0.2, 0.25) is 0 Å². The molecule has 2 amide bonds. The van der Waals surface area contributed by atoms with E-state index in [0.29, 0.717) is 12.6 Å². The van der Waals surface area contributed by atoms with Crippen molar-refractivity contribution in [2.24, 2.45) is 0 Å². The number of hydrogen-bond donors (Lipinski definition) is 2. The number of carbonyl (C=O) groups excluding carboxylic acids is 1. The number of piperidine rings is 2. The summed E-state index contributed by atoms with van der Waals surface area (Å²) in [5.41, 5.74) is 2.45. The predicted octanol–water partition coefficient (Wildman–Crippen LogP) is 2.57. The van der Waals surface area contributed by atoms with Crippen molar-refractivity contribution in [2.45, 2.75) is 44.7 Å². The quantitative estimate of drug-likeness (QED) is 0.892. The van der Waals surface area contributed by atoms with E-state index >= 15 is 0 Å². The Bertz CT molecular complexity index is 517. The topological polar surface area (TPSA) is 47.6 Å². The first-order valence-corrected chi connectivity index (χ1v) is 9.27. The van der Waals surface area contributed by atoms with E-state index in [-0.39, 0.29) is 6.03 Å². The highest BCUT2D eigenvalue weighted by atomic mass is 16.2. The Morgan fingerprint density at radius 3 is 2.38 bits per heavy atom. The summed E-state index contributed by atoms with van der Waals surface area (Å²) < 4.78 is 0. The van der Waals surface area contributed by atoms with Gasteiger partial charge in [-0.15, -0.1) is 0 Å². The number of nitrogens with zero attached hydrogens (tertiary/aromatic N) is 2. The summed E-state index contributed by atoms with van der Waals surface area (Å²) in [5.74, 6) is 0. The van der Waals surface area contributed by atoms with Gasteiger partial charge in [0.2, 0.25) is 0 Å². The van der Waals surface area contributed by atoms with Crippen LogP contribution in [0.15, 0.2) is 24.3 Å². The molecular weight excluding hydrogens is 300 g/mol. The molecule has 1 aromatic carbocycles. The zero-order valence-corrected chi connectivity index (χ0v) is 14.8. The number of urea groups is 1. The van der Waals surface area contributed by atoms with E-state index in [2.05, 4.69) is 51.7 Å². The Hall–Kier alpha value is -1.75. The van der Waals surface area contributed by atoms with Crippen molar-refractivity contribution in [1.82, 2.24) is 15.5 Å². The number of rotatable bonds is 4. The summed E-state index contributed by atoms with van der Waals surface area (Å²) in [6, 6.07) is 8.86. The van der Waals surface area contributed by atoms with Gasteiger partial charge in [-0.1, -0.05) is 12.1 Å². The molecule has 2 aliphatic heterocycles. The van der Waals surface area contributed by atoms with Crippen molar-refractivity contribution in [2.75, 3.05) is 38.1 Å². The lowest BCUT2D eigenvalue weighted by Crippen LogP contribution is -2.46. The van der Waals surface area contributed by atoms with Gasteiger partial charge < -0.3 is 20.4 Å². The van der Waals surface area contributed by atoms with Crippen molar-refractivity contribution in [3.8, 4) is 0 Å². The van der Waals surface area contributed by atoms with Gasteiger partial charge in [-0.05, 0) is 69.9 Å². The smallest absolute Gasteiger partial charge is 0.315 e. The summed E-state index contributed by atoms with van der Waals surface area (Å²) in [4.78, 5) is 16.8. The molecule has 5 nitrogen and oxygen atoms in total. The Kier molecular flexibility index (Phi) is 5.96. The van der Waals surface area contributed by atoms with Gasteiger partial charge in [-0.3, -0.25) is 0 Å². The minimum absolute atomic E-state index is 0.0512. The van der Waals surface area contributed by atoms with Crippen LogP contribution in [0.1, 0.15) is 37.7 Å². The Balaban J connectivity index is 1.41. The van der Waals surface area contributed by atoms with Gasteiger partial charge in [0.05, 0.1) is 0 Å². The maximum atomic E-state index is 12.0. The number of likely N-dealkylation sites (tertiary alicyclic amines) is 1. The zero-order valence-electron chi connectivity index (χ0n) is 14.8. The number of benzene rings is 1. The minimum Gasteiger partial charge on any atom is -0.372 e. The van der Waals surface area contributed by atoms with E-state index in [1.807, 2.05) is 0 Å². The van der Waals surface area contributed by atoms with E-state index in [4.69, 9.17) is 0 Å². The third-order valence-electron chi connectivity index (χ3n) is 5.16. The number of hydrogen-bond acceptors (Lipinski definition) is 3. The SMILES string of the molecule is CN1CCC(NC(=O)NCc2ccc(N3CCCCC3)cc2)CC1. The van der Waals surface area contributed by atoms with Crippen LogP contribution < -0.4 is 15.5 Å². The lowest BCUT2D eigenvalue weighted by Gasteiger charge is -2.29. The molecule has 3 rings (SSSR count). The molecule has 0 saturated carbocycles. The van der Waals surface area contributed by atoms with Crippen LogP contribution >= 0.6 is 0 Å². The fraction of sp³-hybridized carbons (Fsp3) is 0.632. The molecule has 0 bridgehead atoms. The van der Waals surface area contributed by atoms with Crippen molar-refractivity contribution < 1.29 is 4.79 Å². The molecule has 1 aromatic rings. The molecule has 132 valence electrons. The van der Waals surface area contributed by atoms with Crippen LogP contribution in [0.25, 0.3) is 0 Å². The Labute approximate surface area is 145 Å². The van der Waals surface area contributed by atoms with Gasteiger partial charge in [-0.25, -0.2) is 4.79 Å². The number of amides is 2. The summed E-state index contributed by atoms with van der Waals surface area (Å²) in [5, 5.41) is 6.07. The highest BCUT2D eigenvalue weighted by Gasteiger charge is 2.18. The number of anilines is 1. The highest BCUT2D eigenvalue weighted by Crippen LogP contribution is 2.20. The van der Waals surface area contributed by atoms with E-state index in [9.17, 15) is 4.79 Å². The fourth-order valence-electron chi connectivity index (χ4n) is 3.55. The van der Waals surface area contributed by atoms with Crippen LogP contribution in [-0.4, -0.2) is 50.2 Å². The van der Waals surface area contributed by atoms with Crippen molar-refractivity contribution in [3.05, 3.63) is 29.8 Å². The van der Waals surface area contributed by atoms with Crippen molar-refractivity contribution >= 4 is 11.7 Å². The van der Waals surface area contributed by atoms with Gasteiger partial charge in [0.1, 0.15) is 0 Å². The predicted molar refractivity (Wildman–Crippen MR) is 98.4 cm³/mol. The minimum atomic E-state index is -0.0512. The van der Waals surface area contributed by atoms with Gasteiger partial charge in [0.15, 0.2) is 0 Å². The molecular formula is C19H30N4O. The third-order valence-corrected chi connectivity index (χ3v) is 5.16. The van der Waals surface area contributed by atoms with Gasteiger partial charge in [0, 0.05) is 31.4 Å². The lowest BCUT2D eigenvalue weighted by atomic mass is 10.1. The van der Waals surface area contributed by atoms with Gasteiger partial charge in [0.25, 0.3) is 0 Å². The van der Waals surface area contributed by atoms with Crippen LogP contribution in [0.3, 0.4) is 0 Å². The molecule has 24 heavy (non-hydrogen) atoms. The first kappa shape index (κ1) is 17.1. The molecule has 0 aliphatic carbocycles. The van der Waals surface area contributed by atoms with Crippen LogP contribution in [-0.2, 0) is 6.54 Å². The molecule has 0 radical (unpaired) electrons. The molecule has 2 saturated heterocycles. The first-order chi connectivity index (χ1) is 11.7. The summed E-state index contributed by atoms with van der Waals surface area (Å²) >= 11 is 0. The van der Waals surface area contributed by atoms with Crippen LogP contribution in [0.5, 0.6) is 0 Å². The average molecular weight is 330 g/mol. The second-order valence-corrected chi connectivity index (χ2v) is 7.12. The van der Waals surface area contributed by atoms with E-state index in [1.54, 1.807) is 0 Å². The second-order valence-electron chi connectivity index (χ2n) is 7.12. The van der Waals surface area contributed by atoms with Gasteiger partial charge in [-0.2, -0.15) is 0 Å². The largest absolute Gasteiger partial charge is 0.372 e. The molecule has 0 aromatic heterocycles. The van der Waals surface area contributed by atoms with Crippen molar-refractivity contribution in [3.63, 3.8) is 0 Å². The monoisotopic (exact) mass is 330 g/mol. The number of carbonyl (C=O) groups is 1. The first-order valence-electron chi connectivity index (χ1n) is 9.27. The molecule has 2 N–H and O–H groups in total. The molecule has 5 heteroatoms. The summed E-state index contributed by atoms with van der Waals surface area (Å²) in [6.45, 7) is 5.03. The normalized spacial score (nSPS) is 20.0. The Morgan fingerprint density at radius 1 is 1.04 bits per heavy atom. The van der Waals surface area contributed by atoms with Crippen LogP contribution in [0, 0.1) is 0 Å². The zero-order chi connectivity index (χ0) is 16.8. The summed E-state index contributed by atoms with van der Waals surface area (Å²) in [7, 11) is 2.13. The maximum absolute atomic E-state index is 12.0. The van der Waals surface area contributed by atoms with Crippen molar-refractivity contribution in [1.29, 1.82) is 0 Å². The van der Waals surface area contributed by atoms with Crippen LogP contribution in [0.4, 0.5) is 10.5 Å². The maximum Gasteiger partial charge on any atom is 0.315 e. The second kappa shape index (κ2) is 8.38. The fourth-order valence-corrected chi connectivity index (χ4v) is 3.55. The average Bonchev–Trinajstić information content (AvgIpc) is 2.63. The third kappa shape index (κ3) is 4.87. The lowest BCUT2D eigenvalue weighted by molar-refractivity contribution is 0.213. The van der Waals surface area contributed by atoms with E-state index in [1.165, 1.54) is 24.9 Å². The standard InChI is InChI=1S/C19H30N4O/c1-22-13-9-17(10-14-22)21-19(24)20-15-16-5-7-18(8-6-16)23-11-3-2-4-12-23/h5-8,17H,2-4,9-15H2,1H3,(H2,20,21,24). The molecule has 0 atom stereocenters. The van der Waals surface area contributed by atoms with E-state index in [0.717, 1.165) is 44.6 Å². The van der Waals surface area contributed by atoms with E-state index < -0.39 is 0 Å². The summed E-state index contributed by atoms with van der Waals surface area (Å²) in [6.07, 6.45) is 6.01. The molecule has 2 heterocycles. The molecule has 0 spiro atoms. The molecule has 0 unspecified atom stereocenters. The molecule has 2 fully saturated rings. The highest BCUT2D eigenvalue weighted by molar-refractivity contribution is 5.74. The van der Waals surface area contributed by atoms with Gasteiger partial charge >= 0.3 is 6.03 Å².